The summed E-state index contributed by atoms with van der Waals surface area (Å²) in [6.07, 6.45) is 7.67. The smallest absolute Gasteiger partial charge is 0.159 e. The summed E-state index contributed by atoms with van der Waals surface area (Å²) in [5.74, 6) is 1.47. The van der Waals surface area contributed by atoms with E-state index in [9.17, 15) is 0 Å². The first-order valence-electron chi connectivity index (χ1n) is 5.49. The van der Waals surface area contributed by atoms with Crippen LogP contribution in [0.3, 0.4) is 0 Å². The molecule has 2 heterocycles. The Morgan fingerprint density at radius 2 is 2.12 bits per heavy atom. The predicted molar refractivity (Wildman–Crippen MR) is 60.2 cm³/mol. The molecule has 0 fully saturated rings. The van der Waals surface area contributed by atoms with Gasteiger partial charge in [-0.1, -0.05) is 0 Å². The molecule has 82 valence electrons. The highest BCUT2D eigenvalue weighted by molar-refractivity contribution is 5.48. The highest BCUT2D eigenvalue weighted by Gasteiger charge is 2.19. The summed E-state index contributed by atoms with van der Waals surface area (Å²) >= 11 is 0. The third-order valence-electron chi connectivity index (χ3n) is 2.98. The van der Waals surface area contributed by atoms with Crippen molar-refractivity contribution >= 4 is 5.82 Å². The first-order chi connectivity index (χ1) is 7.86. The molecule has 0 atom stereocenters. The van der Waals surface area contributed by atoms with E-state index in [4.69, 9.17) is 5.73 Å². The van der Waals surface area contributed by atoms with E-state index < -0.39 is 0 Å². The molecule has 5 heteroatoms. The van der Waals surface area contributed by atoms with Crippen LogP contribution in [0.25, 0.3) is 5.82 Å². The quantitative estimate of drug-likeness (QED) is 0.774. The van der Waals surface area contributed by atoms with Crippen LogP contribution in [0.1, 0.15) is 24.1 Å². The summed E-state index contributed by atoms with van der Waals surface area (Å²) in [5, 5.41) is 4.52. The number of nitrogens with zero attached hydrogens (tertiary/aromatic N) is 4. The van der Waals surface area contributed by atoms with E-state index in [2.05, 4.69) is 15.1 Å². The second kappa shape index (κ2) is 3.59. The zero-order chi connectivity index (χ0) is 11.0. The Kier molecular flexibility index (Phi) is 2.09. The third kappa shape index (κ3) is 1.36. The first kappa shape index (κ1) is 9.33. The van der Waals surface area contributed by atoms with Gasteiger partial charge in [0.05, 0.1) is 5.69 Å². The molecule has 0 spiro atoms. The van der Waals surface area contributed by atoms with Gasteiger partial charge in [0.1, 0.15) is 12.1 Å². The Balaban J connectivity index is 2.12. The number of hydrogen-bond acceptors (Lipinski definition) is 4. The Morgan fingerprint density at radius 3 is 2.88 bits per heavy atom. The molecule has 2 aromatic heterocycles. The van der Waals surface area contributed by atoms with E-state index in [1.54, 1.807) is 10.9 Å². The highest BCUT2D eigenvalue weighted by atomic mass is 15.3. The normalized spacial score (nSPS) is 14.8. The van der Waals surface area contributed by atoms with Crippen LogP contribution in [0.5, 0.6) is 0 Å². The van der Waals surface area contributed by atoms with Crippen LogP contribution in [0, 0.1) is 0 Å². The van der Waals surface area contributed by atoms with Crippen molar-refractivity contribution in [2.75, 3.05) is 5.73 Å². The average Bonchev–Trinajstić information content (AvgIpc) is 2.69. The van der Waals surface area contributed by atoms with Crippen molar-refractivity contribution in [2.45, 2.75) is 25.7 Å². The van der Waals surface area contributed by atoms with Gasteiger partial charge in [0.2, 0.25) is 0 Å². The first-order valence-corrected chi connectivity index (χ1v) is 5.49. The average molecular weight is 215 g/mol. The molecule has 16 heavy (non-hydrogen) atoms. The lowest BCUT2D eigenvalue weighted by Crippen LogP contribution is -2.05. The van der Waals surface area contributed by atoms with Crippen LogP contribution in [0.4, 0.5) is 5.82 Å². The fourth-order valence-corrected chi connectivity index (χ4v) is 2.16. The molecule has 1 aliphatic rings. The molecule has 0 radical (unpaired) electrons. The number of anilines is 1. The zero-order valence-corrected chi connectivity index (χ0v) is 8.93. The molecular weight excluding hydrogens is 202 g/mol. The third-order valence-corrected chi connectivity index (χ3v) is 2.98. The van der Waals surface area contributed by atoms with Crippen molar-refractivity contribution < 1.29 is 0 Å². The van der Waals surface area contributed by atoms with E-state index in [1.807, 2.05) is 6.07 Å². The van der Waals surface area contributed by atoms with Gasteiger partial charge in [-0.3, -0.25) is 0 Å². The minimum Gasteiger partial charge on any atom is -0.383 e. The minimum absolute atomic E-state index is 0.730. The fraction of sp³-hybridized carbons (Fsp3) is 0.364. The van der Waals surface area contributed by atoms with Crippen LogP contribution < -0.4 is 5.73 Å². The van der Waals surface area contributed by atoms with Gasteiger partial charge in [0.25, 0.3) is 0 Å². The molecule has 2 aromatic rings. The molecule has 0 amide bonds. The van der Waals surface area contributed by atoms with Crippen molar-refractivity contribution in [2.24, 2.45) is 0 Å². The van der Waals surface area contributed by atoms with Gasteiger partial charge < -0.3 is 5.73 Å². The Hall–Kier alpha value is -1.91. The molecule has 1 aliphatic carbocycles. The molecular formula is C11H13N5. The van der Waals surface area contributed by atoms with Crippen LogP contribution in [-0.4, -0.2) is 19.7 Å². The van der Waals surface area contributed by atoms with E-state index in [0.29, 0.717) is 0 Å². The number of rotatable bonds is 1. The summed E-state index contributed by atoms with van der Waals surface area (Å²) in [6, 6.07) is 1.81. The van der Waals surface area contributed by atoms with Crippen molar-refractivity contribution in [3.63, 3.8) is 0 Å². The SMILES string of the molecule is Nc1c2c(nn1-c1ccncn1)CCCC2. The maximum absolute atomic E-state index is 6.10. The Morgan fingerprint density at radius 1 is 1.25 bits per heavy atom. The molecule has 3 rings (SSSR count). The summed E-state index contributed by atoms with van der Waals surface area (Å²) < 4.78 is 1.72. The molecule has 0 saturated heterocycles. The van der Waals surface area contributed by atoms with Gasteiger partial charge in [-0.05, 0) is 25.7 Å². The number of nitrogen functional groups attached to an aromatic ring is 1. The maximum Gasteiger partial charge on any atom is 0.159 e. The van der Waals surface area contributed by atoms with E-state index >= 15 is 0 Å². The Bertz CT molecular complexity index is 503. The number of hydrogen-bond donors (Lipinski definition) is 1. The van der Waals surface area contributed by atoms with Gasteiger partial charge >= 0.3 is 0 Å². The predicted octanol–water partition coefficient (Wildman–Crippen LogP) is 1.12. The molecule has 0 aromatic carbocycles. The van der Waals surface area contributed by atoms with Gasteiger partial charge in [0, 0.05) is 17.8 Å². The zero-order valence-electron chi connectivity index (χ0n) is 8.93. The monoisotopic (exact) mass is 215 g/mol. The summed E-state index contributed by atoms with van der Waals surface area (Å²) in [7, 11) is 0. The van der Waals surface area contributed by atoms with Gasteiger partial charge in [0.15, 0.2) is 5.82 Å². The van der Waals surface area contributed by atoms with Gasteiger partial charge in [-0.25, -0.2) is 9.97 Å². The molecule has 5 nitrogen and oxygen atoms in total. The van der Waals surface area contributed by atoms with E-state index in [0.717, 1.165) is 30.2 Å². The molecule has 0 bridgehead atoms. The van der Waals surface area contributed by atoms with Crippen molar-refractivity contribution in [1.29, 1.82) is 0 Å². The molecule has 0 unspecified atom stereocenters. The van der Waals surface area contributed by atoms with Crippen LogP contribution in [0.15, 0.2) is 18.6 Å². The number of nitrogens with two attached hydrogens (primary N) is 1. The van der Waals surface area contributed by atoms with Crippen molar-refractivity contribution in [3.8, 4) is 5.82 Å². The highest BCUT2D eigenvalue weighted by Crippen LogP contribution is 2.26. The fourth-order valence-electron chi connectivity index (χ4n) is 2.16. The lowest BCUT2D eigenvalue weighted by Gasteiger charge is -2.08. The summed E-state index contributed by atoms with van der Waals surface area (Å²) in [6.45, 7) is 0. The van der Waals surface area contributed by atoms with Crippen molar-refractivity contribution in [3.05, 3.63) is 29.8 Å². The number of fused-ring (bicyclic) bond motifs is 1. The minimum atomic E-state index is 0.730. The van der Waals surface area contributed by atoms with Crippen LogP contribution in [0.2, 0.25) is 0 Å². The summed E-state index contributed by atoms with van der Waals surface area (Å²) in [4.78, 5) is 8.05. The Labute approximate surface area is 93.3 Å². The molecule has 0 aliphatic heterocycles. The van der Waals surface area contributed by atoms with Crippen molar-refractivity contribution in [1.82, 2.24) is 19.7 Å². The van der Waals surface area contributed by atoms with Gasteiger partial charge in [-0.2, -0.15) is 9.78 Å². The molecule has 0 saturated carbocycles. The largest absolute Gasteiger partial charge is 0.383 e. The second-order valence-corrected chi connectivity index (χ2v) is 4.00. The second-order valence-electron chi connectivity index (χ2n) is 4.00. The van der Waals surface area contributed by atoms with Gasteiger partial charge in [-0.15, -0.1) is 0 Å². The van der Waals surface area contributed by atoms with E-state index in [-0.39, 0.29) is 0 Å². The standard InChI is InChI=1S/C11H13N5/c12-11-8-3-1-2-4-9(8)15-16(11)10-5-6-13-7-14-10/h5-7H,1-4,12H2. The molecule has 2 N–H and O–H groups in total. The number of aryl methyl sites for hydroxylation is 1. The lowest BCUT2D eigenvalue weighted by molar-refractivity contribution is 0.670. The lowest BCUT2D eigenvalue weighted by atomic mass is 9.98. The topological polar surface area (TPSA) is 69.6 Å². The van der Waals surface area contributed by atoms with Crippen LogP contribution >= 0.6 is 0 Å². The maximum atomic E-state index is 6.10. The van der Waals surface area contributed by atoms with Crippen LogP contribution in [-0.2, 0) is 12.8 Å². The number of aromatic nitrogens is 4. The summed E-state index contributed by atoms with van der Waals surface area (Å²) in [5.41, 5.74) is 8.42. The van der Waals surface area contributed by atoms with E-state index in [1.165, 1.54) is 24.7 Å².